The molecule has 126 valence electrons. The van der Waals surface area contributed by atoms with Gasteiger partial charge in [-0.2, -0.15) is 0 Å². The van der Waals surface area contributed by atoms with Crippen molar-refractivity contribution >= 4 is 28.4 Å². The molecule has 0 spiro atoms. The summed E-state index contributed by atoms with van der Waals surface area (Å²) in [4.78, 5) is 11.7. The van der Waals surface area contributed by atoms with Gasteiger partial charge in [-0.1, -0.05) is 0 Å². The van der Waals surface area contributed by atoms with E-state index in [-0.39, 0.29) is 40.3 Å². The predicted molar refractivity (Wildman–Crippen MR) is 82.9 cm³/mol. The number of ether oxygens (including phenoxy) is 1. The minimum atomic E-state index is -3.82. The molecule has 7 nitrogen and oxygen atoms in total. The zero-order valence-corrected chi connectivity index (χ0v) is 14.4. The second-order valence-corrected chi connectivity index (χ2v) is 6.82. The first-order chi connectivity index (χ1) is 9.86. The number of furan rings is 1. The van der Waals surface area contributed by atoms with Crippen LogP contribution in [-0.4, -0.2) is 41.1 Å². The van der Waals surface area contributed by atoms with Crippen molar-refractivity contribution in [3.8, 4) is 0 Å². The molecule has 0 radical (unpaired) electrons. The van der Waals surface area contributed by atoms with E-state index in [1.807, 2.05) is 0 Å². The van der Waals surface area contributed by atoms with E-state index in [4.69, 9.17) is 4.42 Å². The highest BCUT2D eigenvalue weighted by atomic mass is 35.5. The number of nitrogens with one attached hydrogen (secondary N) is 2. The number of esters is 1. The summed E-state index contributed by atoms with van der Waals surface area (Å²) in [7, 11) is -2.61. The molecule has 1 saturated heterocycles. The van der Waals surface area contributed by atoms with Crippen molar-refractivity contribution in [3.63, 3.8) is 0 Å². The van der Waals surface area contributed by atoms with E-state index >= 15 is 0 Å². The Morgan fingerprint density at radius 1 is 1.41 bits per heavy atom. The van der Waals surface area contributed by atoms with Crippen LogP contribution in [-0.2, 0) is 14.8 Å². The Bertz CT molecular complexity index is 635. The molecule has 1 unspecified atom stereocenters. The molecule has 2 heterocycles. The molecule has 1 fully saturated rings. The Morgan fingerprint density at radius 2 is 2.09 bits per heavy atom. The van der Waals surface area contributed by atoms with Crippen molar-refractivity contribution in [3.05, 3.63) is 17.1 Å². The van der Waals surface area contributed by atoms with E-state index in [0.29, 0.717) is 6.54 Å². The zero-order chi connectivity index (χ0) is 15.6. The lowest BCUT2D eigenvalue weighted by Gasteiger charge is -2.11. The average Bonchev–Trinajstić information content (AvgIpc) is 3.03. The van der Waals surface area contributed by atoms with Crippen molar-refractivity contribution in [2.75, 3.05) is 26.7 Å². The summed E-state index contributed by atoms with van der Waals surface area (Å²) < 4.78 is 37.4. The highest BCUT2D eigenvalue weighted by Crippen LogP contribution is 2.27. The third-order valence-corrected chi connectivity index (χ3v) is 5.16. The van der Waals surface area contributed by atoms with Crippen LogP contribution in [0.15, 0.2) is 9.31 Å². The number of carbonyl (C=O) groups excluding carboxylic acids is 1. The van der Waals surface area contributed by atoms with Crippen LogP contribution in [0.25, 0.3) is 0 Å². The van der Waals surface area contributed by atoms with E-state index in [0.717, 1.165) is 19.5 Å². The maximum atomic E-state index is 12.5. The van der Waals surface area contributed by atoms with Gasteiger partial charge in [-0.05, 0) is 39.3 Å². The van der Waals surface area contributed by atoms with E-state index in [1.165, 1.54) is 14.0 Å². The fourth-order valence-electron chi connectivity index (χ4n) is 2.51. The lowest BCUT2D eigenvalue weighted by Crippen LogP contribution is -2.31. The molecule has 1 aliphatic rings. The number of hydrogen-bond donors (Lipinski definition) is 2. The first-order valence-electron chi connectivity index (χ1n) is 6.75. The molecule has 22 heavy (non-hydrogen) atoms. The van der Waals surface area contributed by atoms with Crippen LogP contribution in [0.2, 0.25) is 0 Å². The van der Waals surface area contributed by atoms with E-state index in [9.17, 15) is 13.2 Å². The van der Waals surface area contributed by atoms with Crippen LogP contribution in [0.3, 0.4) is 0 Å². The van der Waals surface area contributed by atoms with Crippen LogP contribution in [0.1, 0.15) is 28.3 Å². The molecule has 1 aromatic heterocycles. The highest BCUT2D eigenvalue weighted by Gasteiger charge is 2.32. The molecular formula is C13H21ClN2O5S. The summed E-state index contributed by atoms with van der Waals surface area (Å²) in [6.45, 7) is 5.07. The molecule has 0 amide bonds. The lowest BCUT2D eigenvalue weighted by molar-refractivity contribution is 0.0595. The highest BCUT2D eigenvalue weighted by molar-refractivity contribution is 7.89. The van der Waals surface area contributed by atoms with Crippen molar-refractivity contribution in [1.29, 1.82) is 0 Å². The fraction of sp³-hybridized carbons (Fsp3) is 0.615. The number of halogens is 1. The molecule has 9 heteroatoms. The number of aryl methyl sites for hydroxylation is 2. The lowest BCUT2D eigenvalue weighted by atomic mass is 10.1. The van der Waals surface area contributed by atoms with Gasteiger partial charge in [-0.15, -0.1) is 12.4 Å². The molecule has 0 bridgehead atoms. The summed E-state index contributed by atoms with van der Waals surface area (Å²) in [5.74, 6) is -0.0332. The molecule has 2 rings (SSSR count). The quantitative estimate of drug-likeness (QED) is 0.767. The van der Waals surface area contributed by atoms with E-state index in [1.54, 1.807) is 6.92 Å². The van der Waals surface area contributed by atoms with Gasteiger partial charge in [0.15, 0.2) is 0 Å². The van der Waals surface area contributed by atoms with Crippen molar-refractivity contribution in [1.82, 2.24) is 10.0 Å². The average molecular weight is 353 g/mol. The van der Waals surface area contributed by atoms with Gasteiger partial charge in [0.2, 0.25) is 10.0 Å². The van der Waals surface area contributed by atoms with Gasteiger partial charge in [0.25, 0.3) is 0 Å². The third-order valence-electron chi connectivity index (χ3n) is 3.59. The monoisotopic (exact) mass is 352 g/mol. The van der Waals surface area contributed by atoms with Gasteiger partial charge < -0.3 is 14.5 Å². The molecular weight excluding hydrogens is 332 g/mol. The molecule has 2 N–H and O–H groups in total. The van der Waals surface area contributed by atoms with Gasteiger partial charge >= 0.3 is 5.97 Å². The Hall–Kier alpha value is -1.09. The third kappa shape index (κ3) is 3.81. The second kappa shape index (κ2) is 7.45. The van der Waals surface area contributed by atoms with Gasteiger partial charge in [-0.25, -0.2) is 17.9 Å². The first-order valence-corrected chi connectivity index (χ1v) is 8.23. The van der Waals surface area contributed by atoms with Crippen LogP contribution in [0, 0.1) is 19.8 Å². The summed E-state index contributed by atoms with van der Waals surface area (Å²) in [6, 6.07) is 0. The van der Waals surface area contributed by atoms with Crippen LogP contribution in [0.5, 0.6) is 0 Å². The van der Waals surface area contributed by atoms with Gasteiger partial charge in [0.1, 0.15) is 22.0 Å². The summed E-state index contributed by atoms with van der Waals surface area (Å²) in [5, 5.41) is 3.18. The molecule has 0 aliphatic carbocycles. The Morgan fingerprint density at radius 3 is 2.64 bits per heavy atom. The molecule has 0 aromatic carbocycles. The smallest absolute Gasteiger partial charge is 0.342 e. The Balaban J connectivity index is 0.00000242. The maximum absolute atomic E-state index is 12.5. The first kappa shape index (κ1) is 19.0. The van der Waals surface area contributed by atoms with Crippen molar-refractivity contribution in [2.45, 2.75) is 25.2 Å². The number of methoxy groups -OCH3 is 1. The normalized spacial score (nSPS) is 18.0. The number of hydrogen-bond acceptors (Lipinski definition) is 6. The van der Waals surface area contributed by atoms with Crippen LogP contribution >= 0.6 is 12.4 Å². The van der Waals surface area contributed by atoms with E-state index in [2.05, 4.69) is 14.8 Å². The van der Waals surface area contributed by atoms with Gasteiger partial charge in [-0.3, -0.25) is 0 Å². The van der Waals surface area contributed by atoms with Crippen LogP contribution < -0.4 is 10.0 Å². The number of carbonyl (C=O) groups is 1. The van der Waals surface area contributed by atoms with Gasteiger partial charge in [0, 0.05) is 6.54 Å². The number of rotatable bonds is 5. The summed E-state index contributed by atoms with van der Waals surface area (Å²) in [6.07, 6.45) is 0.926. The molecule has 1 atom stereocenters. The SMILES string of the molecule is COC(=O)c1c(C)oc(C)c1S(=O)(=O)NCC1CCNC1.Cl. The Labute approximate surface area is 136 Å². The Kier molecular flexibility index (Phi) is 6.42. The van der Waals surface area contributed by atoms with E-state index < -0.39 is 16.0 Å². The van der Waals surface area contributed by atoms with Crippen LogP contribution in [0.4, 0.5) is 0 Å². The topological polar surface area (TPSA) is 97.6 Å². The minimum Gasteiger partial charge on any atom is -0.465 e. The maximum Gasteiger partial charge on any atom is 0.342 e. The molecule has 0 saturated carbocycles. The summed E-state index contributed by atoms with van der Waals surface area (Å²) in [5.41, 5.74) is -0.0351. The standard InChI is InChI=1S/C13H20N2O5S.ClH/c1-8-11(13(16)19-3)12(9(2)20-8)21(17,18)15-7-10-4-5-14-6-10;/h10,14-15H,4-7H2,1-3H3;1H. The largest absolute Gasteiger partial charge is 0.465 e. The van der Waals surface area contributed by atoms with Gasteiger partial charge in [0.05, 0.1) is 7.11 Å². The van der Waals surface area contributed by atoms with Crippen molar-refractivity contribution in [2.24, 2.45) is 5.92 Å². The second-order valence-electron chi connectivity index (χ2n) is 5.12. The number of sulfonamides is 1. The van der Waals surface area contributed by atoms with Crippen molar-refractivity contribution < 1.29 is 22.4 Å². The predicted octanol–water partition coefficient (Wildman–Crippen LogP) is 0.993. The summed E-state index contributed by atoms with van der Waals surface area (Å²) >= 11 is 0. The molecule has 1 aromatic rings. The fourth-order valence-corrected chi connectivity index (χ4v) is 4.03. The molecule has 1 aliphatic heterocycles. The minimum absolute atomic E-state index is 0. The zero-order valence-electron chi connectivity index (χ0n) is 12.8.